The van der Waals surface area contributed by atoms with Gasteiger partial charge in [-0.2, -0.15) is 0 Å². The van der Waals surface area contributed by atoms with E-state index in [1.165, 1.54) is 6.07 Å². The molecule has 1 amide bonds. The van der Waals surface area contributed by atoms with Gasteiger partial charge in [-0.15, -0.1) is 0 Å². The number of hydrogen-bond acceptors (Lipinski definition) is 5. The summed E-state index contributed by atoms with van der Waals surface area (Å²) in [5, 5.41) is 4.00. The van der Waals surface area contributed by atoms with Crippen molar-refractivity contribution in [3.63, 3.8) is 0 Å². The maximum atomic E-state index is 14.0. The Morgan fingerprint density at radius 2 is 1.70 bits per heavy atom. The van der Waals surface area contributed by atoms with Crippen molar-refractivity contribution < 1.29 is 22.8 Å². The molecule has 0 bridgehead atoms. The van der Waals surface area contributed by atoms with Crippen molar-refractivity contribution in [3.05, 3.63) is 81.7 Å². The van der Waals surface area contributed by atoms with Crippen LogP contribution in [0.5, 0.6) is 5.75 Å². The van der Waals surface area contributed by atoms with Crippen LogP contribution in [-0.4, -0.2) is 47.0 Å². The third kappa shape index (κ3) is 4.90. The fourth-order valence-electron chi connectivity index (χ4n) is 4.07. The maximum absolute atomic E-state index is 14.0. The highest BCUT2D eigenvalue weighted by Crippen LogP contribution is 2.25. The van der Waals surface area contributed by atoms with E-state index in [0.717, 1.165) is 22.9 Å². The van der Waals surface area contributed by atoms with Crippen LogP contribution in [0, 0.1) is 32.4 Å². The van der Waals surface area contributed by atoms with Crippen molar-refractivity contribution in [1.82, 2.24) is 15.0 Å². The topological polar surface area (TPSA) is 58.8 Å². The van der Waals surface area contributed by atoms with Crippen molar-refractivity contribution in [2.24, 2.45) is 0 Å². The van der Waals surface area contributed by atoms with E-state index in [1.807, 2.05) is 36.9 Å². The van der Waals surface area contributed by atoms with Gasteiger partial charge in [0.1, 0.15) is 18.1 Å². The molecule has 8 heteroatoms. The Morgan fingerprint density at radius 1 is 1.03 bits per heavy atom. The van der Waals surface area contributed by atoms with E-state index in [2.05, 4.69) is 5.16 Å². The zero-order valence-electron chi connectivity index (χ0n) is 19.0. The van der Waals surface area contributed by atoms with E-state index in [1.54, 1.807) is 17.9 Å². The van der Waals surface area contributed by atoms with E-state index >= 15 is 0 Å². The van der Waals surface area contributed by atoms with Gasteiger partial charge < -0.3 is 14.2 Å². The Labute approximate surface area is 191 Å². The van der Waals surface area contributed by atoms with Gasteiger partial charge in [-0.25, -0.2) is 8.78 Å². The number of aryl methyl sites for hydroxylation is 3. The number of halogens is 2. The number of carbonyl (C=O) groups excluding carboxylic acids is 1. The maximum Gasteiger partial charge on any atom is 0.276 e. The number of nitrogens with zero attached hydrogens (tertiary/aromatic N) is 3. The first-order chi connectivity index (χ1) is 15.8. The molecule has 174 valence electrons. The molecule has 1 aliphatic rings. The van der Waals surface area contributed by atoms with Crippen LogP contribution in [0.3, 0.4) is 0 Å². The van der Waals surface area contributed by atoms with Crippen LogP contribution in [0.25, 0.3) is 0 Å². The molecular formula is C25H27F2N3O3. The minimum atomic E-state index is -0.849. The van der Waals surface area contributed by atoms with Gasteiger partial charge in [-0.05, 0) is 38.0 Å². The van der Waals surface area contributed by atoms with Crippen LogP contribution >= 0.6 is 0 Å². The average Bonchev–Trinajstić information content (AvgIpc) is 3.17. The summed E-state index contributed by atoms with van der Waals surface area (Å²) in [6, 6.07) is 10.1. The van der Waals surface area contributed by atoms with Gasteiger partial charge in [-0.3, -0.25) is 9.69 Å². The molecule has 1 fully saturated rings. The van der Waals surface area contributed by atoms with Crippen LogP contribution in [-0.2, 0) is 13.2 Å². The molecule has 33 heavy (non-hydrogen) atoms. The lowest BCUT2D eigenvalue weighted by Gasteiger charge is -2.34. The Kier molecular flexibility index (Phi) is 6.74. The second kappa shape index (κ2) is 9.70. The first-order valence-electron chi connectivity index (χ1n) is 10.9. The predicted octanol–water partition coefficient (Wildman–Crippen LogP) is 4.42. The predicted molar refractivity (Wildman–Crippen MR) is 119 cm³/mol. The van der Waals surface area contributed by atoms with E-state index in [9.17, 15) is 13.6 Å². The van der Waals surface area contributed by atoms with Crippen LogP contribution in [0.2, 0.25) is 0 Å². The SMILES string of the molecule is Cc1cccc(C)c1OCc1c(C(=O)N2CCN(Cc3cccc(F)c3F)CC2)noc1C. The van der Waals surface area contributed by atoms with E-state index in [4.69, 9.17) is 9.26 Å². The Hall–Kier alpha value is -3.26. The molecule has 0 spiro atoms. The Bertz CT molecular complexity index is 1130. The number of piperazine rings is 1. The van der Waals surface area contributed by atoms with Crippen molar-refractivity contribution in [1.29, 1.82) is 0 Å². The van der Waals surface area contributed by atoms with Gasteiger partial charge in [0.2, 0.25) is 0 Å². The minimum Gasteiger partial charge on any atom is -0.488 e. The molecule has 0 aliphatic carbocycles. The highest BCUT2D eigenvalue weighted by molar-refractivity contribution is 5.93. The summed E-state index contributed by atoms with van der Waals surface area (Å²) in [6.45, 7) is 8.20. The molecule has 6 nitrogen and oxygen atoms in total. The molecule has 1 aliphatic heterocycles. The van der Waals surface area contributed by atoms with Gasteiger partial charge in [0.15, 0.2) is 17.3 Å². The summed E-state index contributed by atoms with van der Waals surface area (Å²) in [5.41, 5.74) is 3.23. The normalized spacial score (nSPS) is 14.5. The van der Waals surface area contributed by atoms with Crippen molar-refractivity contribution in [2.45, 2.75) is 33.9 Å². The van der Waals surface area contributed by atoms with E-state index in [0.29, 0.717) is 49.6 Å². The van der Waals surface area contributed by atoms with Gasteiger partial charge in [0.25, 0.3) is 5.91 Å². The molecule has 0 atom stereocenters. The van der Waals surface area contributed by atoms with E-state index in [-0.39, 0.29) is 18.2 Å². The molecular weight excluding hydrogens is 428 g/mol. The number of ether oxygens (including phenoxy) is 1. The molecule has 2 aromatic carbocycles. The fourth-order valence-corrected chi connectivity index (χ4v) is 4.07. The van der Waals surface area contributed by atoms with Gasteiger partial charge in [0, 0.05) is 38.3 Å². The van der Waals surface area contributed by atoms with Crippen molar-refractivity contribution in [3.8, 4) is 5.75 Å². The second-order valence-corrected chi connectivity index (χ2v) is 8.36. The van der Waals surface area contributed by atoms with Crippen LogP contribution < -0.4 is 4.74 Å². The standard InChI is InChI=1S/C25H27F2N3O3/c1-16-6-4-7-17(2)24(16)32-15-20-18(3)33-28-23(20)25(31)30-12-10-29(11-13-30)14-19-8-5-9-21(26)22(19)27/h4-9H,10-15H2,1-3H3. The number of hydrogen-bond donors (Lipinski definition) is 0. The fraction of sp³-hybridized carbons (Fsp3) is 0.360. The number of para-hydroxylation sites is 1. The first kappa shape index (κ1) is 22.9. The third-order valence-electron chi connectivity index (χ3n) is 6.04. The molecule has 0 saturated carbocycles. The molecule has 4 rings (SSSR count). The number of rotatable bonds is 6. The zero-order valence-corrected chi connectivity index (χ0v) is 19.0. The molecule has 0 radical (unpaired) electrons. The highest BCUT2D eigenvalue weighted by Gasteiger charge is 2.28. The summed E-state index contributed by atoms with van der Waals surface area (Å²) in [5.74, 6) is -0.552. The summed E-state index contributed by atoms with van der Waals surface area (Å²) in [7, 11) is 0. The average molecular weight is 456 g/mol. The summed E-state index contributed by atoms with van der Waals surface area (Å²) in [6.07, 6.45) is 0. The monoisotopic (exact) mass is 455 g/mol. The van der Waals surface area contributed by atoms with Crippen LogP contribution in [0.4, 0.5) is 8.78 Å². The van der Waals surface area contributed by atoms with Crippen molar-refractivity contribution in [2.75, 3.05) is 26.2 Å². The zero-order chi connectivity index (χ0) is 23.5. The quantitative estimate of drug-likeness (QED) is 0.551. The molecule has 2 heterocycles. The molecule has 0 unspecified atom stereocenters. The summed E-state index contributed by atoms with van der Waals surface area (Å²) >= 11 is 0. The minimum absolute atomic E-state index is 0.181. The third-order valence-corrected chi connectivity index (χ3v) is 6.04. The number of benzene rings is 2. The lowest BCUT2D eigenvalue weighted by atomic mass is 10.1. The first-order valence-corrected chi connectivity index (χ1v) is 10.9. The van der Waals surface area contributed by atoms with Gasteiger partial charge in [0.05, 0.1) is 5.56 Å². The summed E-state index contributed by atoms with van der Waals surface area (Å²) in [4.78, 5) is 16.9. The Balaban J connectivity index is 1.40. The van der Waals surface area contributed by atoms with Crippen LogP contribution in [0.1, 0.15) is 38.5 Å². The van der Waals surface area contributed by atoms with Gasteiger partial charge >= 0.3 is 0 Å². The lowest BCUT2D eigenvalue weighted by molar-refractivity contribution is 0.0614. The van der Waals surface area contributed by atoms with Crippen molar-refractivity contribution >= 4 is 5.91 Å². The second-order valence-electron chi connectivity index (χ2n) is 8.36. The molecule has 1 saturated heterocycles. The lowest BCUT2D eigenvalue weighted by Crippen LogP contribution is -2.48. The number of carbonyl (C=O) groups is 1. The largest absolute Gasteiger partial charge is 0.488 e. The Morgan fingerprint density at radius 3 is 2.39 bits per heavy atom. The van der Waals surface area contributed by atoms with E-state index < -0.39 is 11.6 Å². The molecule has 0 N–H and O–H groups in total. The van der Waals surface area contributed by atoms with Crippen LogP contribution in [0.15, 0.2) is 40.9 Å². The molecule has 3 aromatic rings. The summed E-state index contributed by atoms with van der Waals surface area (Å²) < 4.78 is 38.8. The smallest absolute Gasteiger partial charge is 0.276 e. The number of aromatic nitrogens is 1. The van der Waals surface area contributed by atoms with Gasteiger partial charge in [-0.1, -0.05) is 35.5 Å². The number of amides is 1. The molecule has 1 aromatic heterocycles. The highest BCUT2D eigenvalue weighted by atomic mass is 19.2.